The summed E-state index contributed by atoms with van der Waals surface area (Å²) in [6.07, 6.45) is 0. The van der Waals surface area contributed by atoms with Gasteiger partial charge in [0.1, 0.15) is 5.82 Å². The molecule has 1 unspecified atom stereocenters. The lowest BCUT2D eigenvalue weighted by Gasteiger charge is -2.10. The van der Waals surface area contributed by atoms with Gasteiger partial charge in [0.05, 0.1) is 5.56 Å². The predicted octanol–water partition coefficient (Wildman–Crippen LogP) is 1.91. The van der Waals surface area contributed by atoms with E-state index >= 15 is 0 Å². The molecule has 1 amide bonds. The average molecular weight is 289 g/mol. The molecule has 0 radical (unpaired) electrons. The number of nitrogens with one attached hydrogen (secondary N) is 1. The van der Waals surface area contributed by atoms with Crippen molar-refractivity contribution in [1.29, 1.82) is 0 Å². The number of carbonyl (C=O) groups is 1. The minimum Gasteiger partial charge on any atom is -0.352 e. The van der Waals surface area contributed by atoms with Crippen LogP contribution in [0.2, 0.25) is 0 Å². The molecule has 16 heavy (non-hydrogen) atoms. The van der Waals surface area contributed by atoms with Gasteiger partial charge in [-0.25, -0.2) is 4.39 Å². The van der Waals surface area contributed by atoms with Gasteiger partial charge in [0.25, 0.3) is 5.91 Å². The zero-order chi connectivity index (χ0) is 12.1. The van der Waals surface area contributed by atoms with Gasteiger partial charge in [0.2, 0.25) is 0 Å². The Morgan fingerprint density at radius 3 is 2.88 bits per heavy atom. The molecule has 3 nitrogen and oxygen atoms in total. The first kappa shape index (κ1) is 13.1. The summed E-state index contributed by atoms with van der Waals surface area (Å²) in [6.45, 7) is 2.85. The van der Waals surface area contributed by atoms with E-state index in [9.17, 15) is 9.18 Å². The molecule has 1 aromatic rings. The molecule has 3 N–H and O–H groups in total. The monoisotopic (exact) mass is 288 g/mol. The van der Waals surface area contributed by atoms with Gasteiger partial charge in [-0.05, 0) is 30.7 Å². The second-order valence-corrected chi connectivity index (χ2v) is 4.59. The van der Waals surface area contributed by atoms with E-state index in [0.717, 1.165) is 0 Å². The Morgan fingerprint density at radius 2 is 2.31 bits per heavy atom. The summed E-state index contributed by atoms with van der Waals surface area (Å²) < 4.78 is 14.0. The smallest absolute Gasteiger partial charge is 0.254 e. The number of halogens is 2. The van der Waals surface area contributed by atoms with E-state index in [1.165, 1.54) is 12.1 Å². The van der Waals surface area contributed by atoms with Crippen LogP contribution in [0, 0.1) is 11.7 Å². The van der Waals surface area contributed by atoms with E-state index in [4.69, 9.17) is 5.73 Å². The van der Waals surface area contributed by atoms with Crippen molar-refractivity contribution in [3.8, 4) is 0 Å². The van der Waals surface area contributed by atoms with Gasteiger partial charge in [0.15, 0.2) is 0 Å². The number of carbonyl (C=O) groups excluding carboxylic acids is 1. The van der Waals surface area contributed by atoms with Gasteiger partial charge in [-0.3, -0.25) is 4.79 Å². The topological polar surface area (TPSA) is 55.1 Å². The summed E-state index contributed by atoms with van der Waals surface area (Å²) in [6, 6.07) is 4.34. The van der Waals surface area contributed by atoms with Crippen LogP contribution in [0.3, 0.4) is 0 Å². The molecule has 0 saturated carbocycles. The molecule has 0 spiro atoms. The molecule has 0 aromatic heterocycles. The molecule has 1 aromatic carbocycles. The lowest BCUT2D eigenvalue weighted by molar-refractivity contribution is 0.0944. The van der Waals surface area contributed by atoms with Gasteiger partial charge >= 0.3 is 0 Å². The summed E-state index contributed by atoms with van der Waals surface area (Å²) in [4.78, 5) is 11.6. The Labute approximate surface area is 102 Å². The lowest BCUT2D eigenvalue weighted by Crippen LogP contribution is -2.31. The summed E-state index contributed by atoms with van der Waals surface area (Å²) in [5, 5.41) is 2.64. The van der Waals surface area contributed by atoms with E-state index < -0.39 is 11.7 Å². The summed E-state index contributed by atoms with van der Waals surface area (Å²) in [5.41, 5.74) is 5.46. The number of hydrogen-bond acceptors (Lipinski definition) is 2. The normalized spacial score (nSPS) is 12.2. The van der Waals surface area contributed by atoms with E-state index in [1.54, 1.807) is 6.07 Å². The van der Waals surface area contributed by atoms with Gasteiger partial charge in [0, 0.05) is 11.0 Å². The first-order valence-electron chi connectivity index (χ1n) is 4.98. The number of nitrogens with two attached hydrogens (primary N) is 1. The Bertz CT molecular complexity index is 384. The highest BCUT2D eigenvalue weighted by molar-refractivity contribution is 9.10. The van der Waals surface area contributed by atoms with Gasteiger partial charge in [-0.1, -0.05) is 22.9 Å². The largest absolute Gasteiger partial charge is 0.352 e. The number of benzene rings is 1. The Morgan fingerprint density at radius 1 is 1.62 bits per heavy atom. The first-order valence-corrected chi connectivity index (χ1v) is 5.77. The van der Waals surface area contributed by atoms with E-state index in [0.29, 0.717) is 17.6 Å². The first-order chi connectivity index (χ1) is 7.54. The predicted molar refractivity (Wildman–Crippen MR) is 64.7 cm³/mol. The van der Waals surface area contributed by atoms with Gasteiger partial charge in [-0.15, -0.1) is 0 Å². The van der Waals surface area contributed by atoms with Crippen molar-refractivity contribution in [3.05, 3.63) is 34.1 Å². The van der Waals surface area contributed by atoms with Crippen LogP contribution in [0.15, 0.2) is 22.7 Å². The van der Waals surface area contributed by atoms with Crippen molar-refractivity contribution in [3.63, 3.8) is 0 Å². The maximum atomic E-state index is 13.4. The Balaban J connectivity index is 2.66. The summed E-state index contributed by atoms with van der Waals surface area (Å²) in [5.74, 6) is -0.764. The van der Waals surface area contributed by atoms with E-state index in [-0.39, 0.29) is 11.5 Å². The van der Waals surface area contributed by atoms with Crippen molar-refractivity contribution >= 4 is 21.8 Å². The third-order valence-electron chi connectivity index (χ3n) is 2.19. The van der Waals surface area contributed by atoms with Crippen molar-refractivity contribution in [2.24, 2.45) is 11.7 Å². The molecular weight excluding hydrogens is 275 g/mol. The molecule has 1 atom stereocenters. The summed E-state index contributed by atoms with van der Waals surface area (Å²) in [7, 11) is 0. The molecule has 0 aliphatic rings. The highest BCUT2D eigenvalue weighted by atomic mass is 79.9. The van der Waals surface area contributed by atoms with Crippen LogP contribution in [-0.4, -0.2) is 19.0 Å². The molecule has 0 bridgehead atoms. The van der Waals surface area contributed by atoms with Crippen LogP contribution in [0.4, 0.5) is 4.39 Å². The molecule has 0 aliphatic carbocycles. The van der Waals surface area contributed by atoms with E-state index in [1.807, 2.05) is 6.92 Å². The molecule has 0 fully saturated rings. The van der Waals surface area contributed by atoms with Crippen molar-refractivity contribution in [2.75, 3.05) is 13.1 Å². The zero-order valence-electron chi connectivity index (χ0n) is 8.97. The average Bonchev–Trinajstić information content (AvgIpc) is 2.25. The minimum absolute atomic E-state index is 0.0485. The van der Waals surface area contributed by atoms with Crippen LogP contribution in [0.25, 0.3) is 0 Å². The van der Waals surface area contributed by atoms with Gasteiger partial charge < -0.3 is 11.1 Å². The molecule has 0 aliphatic heterocycles. The highest BCUT2D eigenvalue weighted by Crippen LogP contribution is 2.15. The standard InChI is InChI=1S/C11H14BrFN2O/c1-7(5-14)6-15-11(16)9-3-2-8(12)4-10(9)13/h2-4,7H,5-6,14H2,1H3,(H,15,16). The molecule has 88 valence electrons. The maximum Gasteiger partial charge on any atom is 0.254 e. The van der Waals surface area contributed by atoms with Crippen LogP contribution >= 0.6 is 15.9 Å². The molecular formula is C11H14BrFN2O. The highest BCUT2D eigenvalue weighted by Gasteiger charge is 2.12. The second kappa shape index (κ2) is 5.96. The molecule has 0 saturated heterocycles. The van der Waals surface area contributed by atoms with Gasteiger partial charge in [-0.2, -0.15) is 0 Å². The fourth-order valence-corrected chi connectivity index (χ4v) is 1.45. The number of rotatable bonds is 4. The van der Waals surface area contributed by atoms with Crippen LogP contribution in [-0.2, 0) is 0 Å². The summed E-state index contributed by atoms with van der Waals surface area (Å²) >= 11 is 3.13. The third-order valence-corrected chi connectivity index (χ3v) is 2.68. The molecule has 5 heteroatoms. The zero-order valence-corrected chi connectivity index (χ0v) is 10.6. The maximum absolute atomic E-state index is 13.4. The number of amides is 1. The molecule has 1 rings (SSSR count). The van der Waals surface area contributed by atoms with Crippen molar-refractivity contribution < 1.29 is 9.18 Å². The van der Waals surface area contributed by atoms with E-state index in [2.05, 4.69) is 21.2 Å². The van der Waals surface area contributed by atoms with Crippen LogP contribution in [0.1, 0.15) is 17.3 Å². The quantitative estimate of drug-likeness (QED) is 0.889. The van der Waals surface area contributed by atoms with Crippen LogP contribution in [0.5, 0.6) is 0 Å². The number of hydrogen-bond donors (Lipinski definition) is 2. The van der Waals surface area contributed by atoms with Crippen molar-refractivity contribution in [1.82, 2.24) is 5.32 Å². The fraction of sp³-hybridized carbons (Fsp3) is 0.364. The Kier molecular flexibility index (Phi) is 4.89. The Hall–Kier alpha value is -0.940. The molecule has 0 heterocycles. The van der Waals surface area contributed by atoms with Crippen LogP contribution < -0.4 is 11.1 Å². The SMILES string of the molecule is CC(CN)CNC(=O)c1ccc(Br)cc1F. The van der Waals surface area contributed by atoms with Crippen molar-refractivity contribution in [2.45, 2.75) is 6.92 Å². The lowest BCUT2D eigenvalue weighted by atomic mass is 10.1. The minimum atomic E-state index is -0.535. The fourth-order valence-electron chi connectivity index (χ4n) is 1.12. The second-order valence-electron chi connectivity index (χ2n) is 3.68. The third kappa shape index (κ3) is 3.57.